The zero-order valence-electron chi connectivity index (χ0n) is 12.7. The number of para-hydroxylation sites is 1. The Kier molecular flexibility index (Phi) is 5.09. The van der Waals surface area contributed by atoms with Crippen LogP contribution in [0.4, 0.5) is 21.7 Å². The highest BCUT2D eigenvalue weighted by atomic mass is 19.1. The minimum Gasteiger partial charge on any atom is -0.370 e. The third kappa shape index (κ3) is 3.68. The van der Waals surface area contributed by atoms with E-state index < -0.39 is 0 Å². The first-order valence-corrected chi connectivity index (χ1v) is 7.25. The summed E-state index contributed by atoms with van der Waals surface area (Å²) in [5, 5.41) is 3.20. The van der Waals surface area contributed by atoms with Crippen molar-refractivity contribution in [2.75, 3.05) is 23.8 Å². The topological polar surface area (TPSA) is 41.1 Å². The number of aromatic nitrogens is 2. The standard InChI is InChI=1S/C16H21FN4/c1-4-8-14-19-15(18-5-2)11-16(20-14)21(3)13-10-7-6-9-12(13)17/h6-7,9-11H,4-5,8H2,1-3H3,(H,18,19,20). The largest absolute Gasteiger partial charge is 0.370 e. The van der Waals surface area contributed by atoms with Gasteiger partial charge in [0.25, 0.3) is 0 Å². The van der Waals surface area contributed by atoms with E-state index in [0.29, 0.717) is 11.5 Å². The molecule has 112 valence electrons. The second-order valence-electron chi connectivity index (χ2n) is 4.82. The minimum atomic E-state index is -0.263. The number of rotatable bonds is 6. The summed E-state index contributed by atoms with van der Waals surface area (Å²) < 4.78 is 13.9. The molecule has 4 nitrogen and oxygen atoms in total. The SMILES string of the molecule is CCCc1nc(NCC)cc(N(C)c2ccccc2F)n1. The van der Waals surface area contributed by atoms with Gasteiger partial charge in [-0.2, -0.15) is 0 Å². The van der Waals surface area contributed by atoms with Crippen LogP contribution in [-0.2, 0) is 6.42 Å². The summed E-state index contributed by atoms with van der Waals surface area (Å²) in [5.41, 5.74) is 0.501. The Morgan fingerprint density at radius 1 is 1.19 bits per heavy atom. The fourth-order valence-corrected chi connectivity index (χ4v) is 2.11. The Labute approximate surface area is 125 Å². The van der Waals surface area contributed by atoms with E-state index in [1.54, 1.807) is 17.0 Å². The van der Waals surface area contributed by atoms with Crippen LogP contribution in [0.3, 0.4) is 0 Å². The van der Waals surface area contributed by atoms with E-state index in [9.17, 15) is 4.39 Å². The lowest BCUT2D eigenvalue weighted by Gasteiger charge is -2.20. The van der Waals surface area contributed by atoms with Crippen LogP contribution in [0, 0.1) is 5.82 Å². The maximum atomic E-state index is 13.9. The molecular weight excluding hydrogens is 267 g/mol. The van der Waals surface area contributed by atoms with Gasteiger partial charge in [-0.1, -0.05) is 19.1 Å². The fourth-order valence-electron chi connectivity index (χ4n) is 2.11. The molecule has 1 heterocycles. The van der Waals surface area contributed by atoms with Crippen molar-refractivity contribution in [2.45, 2.75) is 26.7 Å². The number of aryl methyl sites for hydroxylation is 1. The van der Waals surface area contributed by atoms with E-state index in [4.69, 9.17) is 0 Å². The maximum absolute atomic E-state index is 13.9. The Morgan fingerprint density at radius 2 is 1.95 bits per heavy atom. The van der Waals surface area contributed by atoms with Gasteiger partial charge in [-0.25, -0.2) is 14.4 Å². The minimum absolute atomic E-state index is 0.263. The van der Waals surface area contributed by atoms with Crippen molar-refractivity contribution in [3.63, 3.8) is 0 Å². The second-order valence-corrected chi connectivity index (χ2v) is 4.82. The van der Waals surface area contributed by atoms with Crippen LogP contribution in [0.15, 0.2) is 30.3 Å². The first-order valence-electron chi connectivity index (χ1n) is 7.25. The van der Waals surface area contributed by atoms with Crippen molar-refractivity contribution in [2.24, 2.45) is 0 Å². The van der Waals surface area contributed by atoms with E-state index in [-0.39, 0.29) is 5.82 Å². The summed E-state index contributed by atoms with van der Waals surface area (Å²) >= 11 is 0. The first kappa shape index (κ1) is 15.2. The lowest BCUT2D eigenvalue weighted by atomic mass is 10.2. The molecule has 0 saturated carbocycles. The molecule has 1 aromatic heterocycles. The lowest BCUT2D eigenvalue weighted by Crippen LogP contribution is -2.15. The molecule has 2 aromatic rings. The molecule has 1 aromatic carbocycles. The molecule has 0 aliphatic carbocycles. The van der Waals surface area contributed by atoms with Gasteiger partial charge in [-0.3, -0.25) is 0 Å². The number of halogens is 1. The average Bonchev–Trinajstić information content (AvgIpc) is 2.47. The molecule has 0 radical (unpaired) electrons. The highest BCUT2D eigenvalue weighted by Crippen LogP contribution is 2.26. The smallest absolute Gasteiger partial charge is 0.146 e. The monoisotopic (exact) mass is 288 g/mol. The summed E-state index contributed by atoms with van der Waals surface area (Å²) in [4.78, 5) is 10.7. The average molecular weight is 288 g/mol. The Balaban J connectivity index is 2.39. The van der Waals surface area contributed by atoms with Crippen LogP contribution in [0.1, 0.15) is 26.1 Å². The number of anilines is 3. The summed E-state index contributed by atoms with van der Waals surface area (Å²) in [6, 6.07) is 8.53. The van der Waals surface area contributed by atoms with Crippen molar-refractivity contribution in [3.8, 4) is 0 Å². The third-order valence-electron chi connectivity index (χ3n) is 3.15. The van der Waals surface area contributed by atoms with Crippen LogP contribution in [0.2, 0.25) is 0 Å². The van der Waals surface area contributed by atoms with Gasteiger partial charge in [0.05, 0.1) is 5.69 Å². The predicted molar refractivity (Wildman–Crippen MR) is 84.7 cm³/mol. The first-order chi connectivity index (χ1) is 10.2. The van der Waals surface area contributed by atoms with E-state index in [1.807, 2.05) is 26.1 Å². The molecule has 0 aliphatic rings. The zero-order chi connectivity index (χ0) is 15.2. The van der Waals surface area contributed by atoms with Gasteiger partial charge in [0, 0.05) is 26.1 Å². The summed E-state index contributed by atoms with van der Waals surface area (Å²) in [6.45, 7) is 4.89. The van der Waals surface area contributed by atoms with Crippen LogP contribution < -0.4 is 10.2 Å². The number of nitrogens with one attached hydrogen (secondary N) is 1. The van der Waals surface area contributed by atoms with Crippen molar-refractivity contribution in [1.82, 2.24) is 9.97 Å². The molecule has 1 N–H and O–H groups in total. The third-order valence-corrected chi connectivity index (χ3v) is 3.15. The molecule has 0 atom stereocenters. The van der Waals surface area contributed by atoms with E-state index in [2.05, 4.69) is 22.2 Å². The van der Waals surface area contributed by atoms with Crippen LogP contribution in [0.25, 0.3) is 0 Å². The Hall–Kier alpha value is -2.17. The fraction of sp³-hybridized carbons (Fsp3) is 0.375. The lowest BCUT2D eigenvalue weighted by molar-refractivity contribution is 0.627. The van der Waals surface area contributed by atoms with Crippen LogP contribution >= 0.6 is 0 Å². The molecule has 21 heavy (non-hydrogen) atoms. The summed E-state index contributed by atoms with van der Waals surface area (Å²) in [6.07, 6.45) is 1.77. The van der Waals surface area contributed by atoms with E-state index in [0.717, 1.165) is 31.0 Å². The van der Waals surface area contributed by atoms with Crippen molar-refractivity contribution < 1.29 is 4.39 Å². The van der Waals surface area contributed by atoms with Gasteiger partial charge in [-0.15, -0.1) is 0 Å². The van der Waals surface area contributed by atoms with E-state index >= 15 is 0 Å². The van der Waals surface area contributed by atoms with Gasteiger partial charge in [0.15, 0.2) is 0 Å². The molecular formula is C16H21FN4. The number of hydrogen-bond acceptors (Lipinski definition) is 4. The van der Waals surface area contributed by atoms with Gasteiger partial charge in [0.2, 0.25) is 0 Å². The Bertz CT molecular complexity index is 576. The quantitative estimate of drug-likeness (QED) is 0.878. The Morgan fingerprint density at radius 3 is 2.62 bits per heavy atom. The number of nitrogens with zero attached hydrogens (tertiary/aromatic N) is 3. The van der Waals surface area contributed by atoms with Crippen molar-refractivity contribution in [1.29, 1.82) is 0 Å². The molecule has 0 fully saturated rings. The zero-order valence-corrected chi connectivity index (χ0v) is 12.7. The van der Waals surface area contributed by atoms with Crippen molar-refractivity contribution >= 4 is 17.3 Å². The highest BCUT2D eigenvalue weighted by molar-refractivity contribution is 5.62. The molecule has 2 rings (SSSR count). The molecule has 0 saturated heterocycles. The molecule has 0 bridgehead atoms. The molecule has 5 heteroatoms. The van der Waals surface area contributed by atoms with Gasteiger partial charge < -0.3 is 10.2 Å². The van der Waals surface area contributed by atoms with Crippen molar-refractivity contribution in [3.05, 3.63) is 42.0 Å². The number of benzene rings is 1. The molecule has 0 aliphatic heterocycles. The highest BCUT2D eigenvalue weighted by Gasteiger charge is 2.12. The summed E-state index contributed by atoms with van der Waals surface area (Å²) in [5.74, 6) is 1.97. The second kappa shape index (κ2) is 7.02. The predicted octanol–water partition coefficient (Wildman–Crippen LogP) is 3.77. The van der Waals surface area contributed by atoms with Gasteiger partial charge >= 0.3 is 0 Å². The van der Waals surface area contributed by atoms with Gasteiger partial charge in [0.1, 0.15) is 23.3 Å². The van der Waals surface area contributed by atoms with E-state index in [1.165, 1.54) is 6.07 Å². The maximum Gasteiger partial charge on any atom is 0.146 e. The summed E-state index contributed by atoms with van der Waals surface area (Å²) in [7, 11) is 1.81. The van der Waals surface area contributed by atoms with Crippen LogP contribution in [0.5, 0.6) is 0 Å². The van der Waals surface area contributed by atoms with Crippen LogP contribution in [-0.4, -0.2) is 23.6 Å². The molecule has 0 spiro atoms. The number of hydrogen-bond donors (Lipinski definition) is 1. The molecule has 0 amide bonds. The molecule has 0 unspecified atom stereocenters. The van der Waals surface area contributed by atoms with Gasteiger partial charge in [-0.05, 0) is 25.5 Å². The normalized spacial score (nSPS) is 10.5.